The van der Waals surface area contributed by atoms with Crippen molar-refractivity contribution in [3.8, 4) is 11.5 Å². The highest BCUT2D eigenvalue weighted by Crippen LogP contribution is 2.32. The number of benzene rings is 3. The maximum atomic E-state index is 14.0. The Morgan fingerprint density at radius 1 is 0.975 bits per heavy atom. The summed E-state index contributed by atoms with van der Waals surface area (Å²) in [6.45, 7) is 3.15. The van der Waals surface area contributed by atoms with Crippen LogP contribution < -0.4 is 19.1 Å². The number of sulfonamides is 1. The topological polar surface area (TPSA) is 105 Å². The van der Waals surface area contributed by atoms with Gasteiger partial charge in [0.15, 0.2) is 0 Å². The fraction of sp³-hybridized carbons (Fsp3) is 0.310. The van der Waals surface area contributed by atoms with Crippen molar-refractivity contribution in [3.63, 3.8) is 0 Å². The van der Waals surface area contributed by atoms with E-state index in [4.69, 9.17) is 21.1 Å². The lowest BCUT2D eigenvalue weighted by atomic mass is 10.1. The monoisotopic (exact) mass is 587 g/mol. The number of likely N-dealkylation sites (N-methyl/N-ethyl adjacent to an activating group) is 1. The summed E-state index contributed by atoms with van der Waals surface area (Å²) in [5.74, 6) is 0.0848. The molecule has 0 fully saturated rings. The standard InChI is InChI=1S/C29H34ClN3O6S/c1-6-26(29(35)31-3)32(18-21-9-12-23(38-4)13-10-21)28(34)19-33(22-11-16-27(39-5)25(30)17-22)40(36,37)24-14-7-20(2)8-15-24/h7-17,26H,6,18-19H2,1-5H3,(H,31,35)/t26-/m1/s1. The van der Waals surface area contributed by atoms with Crippen molar-refractivity contribution < 1.29 is 27.5 Å². The number of nitrogens with one attached hydrogen (secondary N) is 1. The maximum Gasteiger partial charge on any atom is 0.264 e. The summed E-state index contributed by atoms with van der Waals surface area (Å²) in [5, 5.41) is 2.79. The molecule has 0 spiro atoms. The van der Waals surface area contributed by atoms with Crippen LogP contribution in [0.2, 0.25) is 5.02 Å². The summed E-state index contributed by atoms with van der Waals surface area (Å²) in [4.78, 5) is 28.2. The van der Waals surface area contributed by atoms with E-state index in [1.807, 2.05) is 6.92 Å². The minimum Gasteiger partial charge on any atom is -0.497 e. The van der Waals surface area contributed by atoms with Gasteiger partial charge in [-0.2, -0.15) is 0 Å². The molecule has 0 aliphatic carbocycles. The molecule has 0 bridgehead atoms. The molecule has 1 N–H and O–H groups in total. The first-order valence-electron chi connectivity index (χ1n) is 12.6. The van der Waals surface area contributed by atoms with Crippen LogP contribution in [0, 0.1) is 6.92 Å². The summed E-state index contributed by atoms with van der Waals surface area (Å²) >= 11 is 6.35. The summed E-state index contributed by atoms with van der Waals surface area (Å²) in [5.41, 5.74) is 1.81. The van der Waals surface area contributed by atoms with Gasteiger partial charge < -0.3 is 19.7 Å². The van der Waals surface area contributed by atoms with Crippen LogP contribution in [-0.2, 0) is 26.2 Å². The van der Waals surface area contributed by atoms with Gasteiger partial charge in [0.2, 0.25) is 11.8 Å². The molecule has 3 aromatic rings. The molecule has 2 amide bonds. The number of carbonyl (C=O) groups excluding carboxylic acids is 2. The number of nitrogens with zero attached hydrogens (tertiary/aromatic N) is 2. The fourth-order valence-electron chi connectivity index (χ4n) is 4.19. The number of ether oxygens (including phenoxy) is 2. The van der Waals surface area contributed by atoms with E-state index in [0.29, 0.717) is 17.9 Å². The number of carbonyl (C=O) groups is 2. The summed E-state index contributed by atoms with van der Waals surface area (Å²) in [7, 11) is 0.292. The lowest BCUT2D eigenvalue weighted by Crippen LogP contribution is -2.51. The molecule has 40 heavy (non-hydrogen) atoms. The molecule has 3 rings (SSSR count). The van der Waals surface area contributed by atoms with Crippen LogP contribution in [0.1, 0.15) is 24.5 Å². The Morgan fingerprint density at radius 2 is 1.62 bits per heavy atom. The number of anilines is 1. The highest BCUT2D eigenvalue weighted by Gasteiger charge is 2.33. The SMILES string of the molecule is CC[C@H](C(=O)NC)N(Cc1ccc(OC)cc1)C(=O)CN(c1ccc(OC)c(Cl)c1)S(=O)(=O)c1ccc(C)cc1. The number of hydrogen-bond acceptors (Lipinski definition) is 6. The van der Waals surface area contributed by atoms with E-state index in [2.05, 4.69) is 5.32 Å². The Morgan fingerprint density at radius 3 is 2.15 bits per heavy atom. The predicted molar refractivity (Wildman–Crippen MR) is 155 cm³/mol. The number of amides is 2. The van der Waals surface area contributed by atoms with Gasteiger partial charge in [0, 0.05) is 13.6 Å². The number of aryl methyl sites for hydroxylation is 1. The first-order valence-corrected chi connectivity index (χ1v) is 14.4. The summed E-state index contributed by atoms with van der Waals surface area (Å²) in [6, 6.07) is 17.1. The number of rotatable bonds is 12. The van der Waals surface area contributed by atoms with Crippen molar-refractivity contribution >= 4 is 39.1 Å². The molecule has 214 valence electrons. The van der Waals surface area contributed by atoms with Gasteiger partial charge in [-0.05, 0) is 61.4 Å². The molecule has 0 radical (unpaired) electrons. The molecule has 0 aliphatic rings. The molecular weight excluding hydrogens is 554 g/mol. The molecule has 0 aliphatic heterocycles. The van der Waals surface area contributed by atoms with E-state index in [0.717, 1.165) is 15.4 Å². The van der Waals surface area contributed by atoms with E-state index in [9.17, 15) is 18.0 Å². The molecule has 0 unspecified atom stereocenters. The van der Waals surface area contributed by atoms with Crippen LogP contribution in [0.15, 0.2) is 71.6 Å². The Balaban J connectivity index is 2.08. The molecule has 3 aromatic carbocycles. The van der Waals surface area contributed by atoms with E-state index in [-0.39, 0.29) is 28.1 Å². The Kier molecular flexibility index (Phi) is 10.4. The zero-order valence-corrected chi connectivity index (χ0v) is 24.8. The van der Waals surface area contributed by atoms with Gasteiger partial charge in [-0.1, -0.05) is 48.4 Å². The van der Waals surface area contributed by atoms with Crippen molar-refractivity contribution in [2.45, 2.75) is 37.8 Å². The first kappa shape index (κ1) is 30.8. The third-order valence-electron chi connectivity index (χ3n) is 6.46. The highest BCUT2D eigenvalue weighted by molar-refractivity contribution is 7.92. The Bertz CT molecular complexity index is 1430. The zero-order valence-electron chi connectivity index (χ0n) is 23.2. The van der Waals surface area contributed by atoms with Gasteiger partial charge in [-0.15, -0.1) is 0 Å². The van der Waals surface area contributed by atoms with E-state index < -0.39 is 28.5 Å². The first-order chi connectivity index (χ1) is 19.0. The minimum absolute atomic E-state index is 0.0119. The average molecular weight is 588 g/mol. The predicted octanol–water partition coefficient (Wildman–Crippen LogP) is 4.41. The van der Waals surface area contributed by atoms with Crippen molar-refractivity contribution in [3.05, 3.63) is 82.9 Å². The molecule has 11 heteroatoms. The maximum absolute atomic E-state index is 14.0. The fourth-order valence-corrected chi connectivity index (χ4v) is 5.85. The molecule has 1 atom stereocenters. The van der Waals surface area contributed by atoms with Gasteiger partial charge in [-0.25, -0.2) is 8.42 Å². The van der Waals surface area contributed by atoms with Crippen LogP contribution in [0.4, 0.5) is 5.69 Å². The van der Waals surface area contributed by atoms with Gasteiger partial charge in [0.05, 0.1) is 29.8 Å². The van der Waals surface area contributed by atoms with Crippen LogP contribution in [-0.4, -0.2) is 59.0 Å². The van der Waals surface area contributed by atoms with Crippen molar-refractivity contribution in [2.24, 2.45) is 0 Å². The largest absolute Gasteiger partial charge is 0.497 e. The van der Waals surface area contributed by atoms with Crippen LogP contribution in [0.25, 0.3) is 0 Å². The lowest BCUT2D eigenvalue weighted by Gasteiger charge is -2.33. The van der Waals surface area contributed by atoms with E-state index >= 15 is 0 Å². The number of methoxy groups -OCH3 is 2. The summed E-state index contributed by atoms with van der Waals surface area (Å²) in [6.07, 6.45) is 0.320. The lowest BCUT2D eigenvalue weighted by molar-refractivity contribution is -0.140. The van der Waals surface area contributed by atoms with Crippen LogP contribution >= 0.6 is 11.6 Å². The Labute approximate surface area is 240 Å². The Hall–Kier alpha value is -3.76. The average Bonchev–Trinajstić information content (AvgIpc) is 2.95. The van der Waals surface area contributed by atoms with Gasteiger partial charge in [0.1, 0.15) is 24.1 Å². The van der Waals surface area contributed by atoms with Crippen molar-refractivity contribution in [1.29, 1.82) is 0 Å². The van der Waals surface area contributed by atoms with Crippen LogP contribution in [0.3, 0.4) is 0 Å². The second kappa shape index (κ2) is 13.5. The molecule has 0 saturated heterocycles. The summed E-state index contributed by atoms with van der Waals surface area (Å²) < 4.78 is 39.3. The van der Waals surface area contributed by atoms with Gasteiger partial charge in [-0.3, -0.25) is 13.9 Å². The highest BCUT2D eigenvalue weighted by atomic mass is 35.5. The quantitative estimate of drug-likeness (QED) is 0.336. The molecule has 9 nitrogen and oxygen atoms in total. The van der Waals surface area contributed by atoms with Gasteiger partial charge >= 0.3 is 0 Å². The second-order valence-corrected chi connectivity index (χ2v) is 11.3. The smallest absolute Gasteiger partial charge is 0.264 e. The van der Waals surface area contributed by atoms with Crippen molar-refractivity contribution in [1.82, 2.24) is 10.2 Å². The third kappa shape index (κ3) is 7.05. The normalized spacial score (nSPS) is 11.8. The molecular formula is C29H34ClN3O6S. The van der Waals surface area contributed by atoms with Crippen LogP contribution in [0.5, 0.6) is 11.5 Å². The van der Waals surface area contributed by atoms with E-state index in [1.165, 1.54) is 49.4 Å². The van der Waals surface area contributed by atoms with Gasteiger partial charge in [0.25, 0.3) is 10.0 Å². The van der Waals surface area contributed by atoms with E-state index in [1.54, 1.807) is 50.4 Å². The molecule has 0 heterocycles. The molecule has 0 aromatic heterocycles. The number of halogens is 1. The minimum atomic E-state index is -4.21. The number of hydrogen-bond donors (Lipinski definition) is 1. The zero-order chi connectivity index (χ0) is 29.4. The third-order valence-corrected chi connectivity index (χ3v) is 8.54. The molecule has 0 saturated carbocycles. The second-order valence-electron chi connectivity index (χ2n) is 9.05. The van der Waals surface area contributed by atoms with Crippen molar-refractivity contribution in [2.75, 3.05) is 32.1 Å².